The van der Waals surface area contributed by atoms with E-state index >= 15 is 0 Å². The second-order valence-corrected chi connectivity index (χ2v) is 3.76. The maximum atomic E-state index is 4.38. The Morgan fingerprint density at radius 2 is 2.40 bits per heavy atom. The van der Waals surface area contributed by atoms with Crippen LogP contribution in [0.15, 0.2) is 6.07 Å². The van der Waals surface area contributed by atoms with E-state index in [4.69, 9.17) is 0 Å². The van der Waals surface area contributed by atoms with Gasteiger partial charge in [0.25, 0.3) is 0 Å². The van der Waals surface area contributed by atoms with Crippen molar-refractivity contribution < 1.29 is 0 Å². The standard InChI is InChI=1S/C7H9IN2/c1-5-4-7(6-2-3-6)9-10(5)8/h4,6H,2-3H2,1H3. The third-order valence-corrected chi connectivity index (χ3v) is 2.82. The first-order valence-corrected chi connectivity index (χ1v) is 4.46. The average Bonchev–Trinajstić information content (AvgIpc) is 2.64. The van der Waals surface area contributed by atoms with Crippen molar-refractivity contribution in [3.8, 4) is 0 Å². The predicted molar refractivity (Wildman–Crippen MR) is 48.4 cm³/mol. The molecular formula is C7H9IN2. The van der Waals surface area contributed by atoms with Gasteiger partial charge in [-0.25, -0.2) is 2.90 Å². The first-order chi connectivity index (χ1) is 4.77. The maximum absolute atomic E-state index is 4.38. The number of hydrogen-bond acceptors (Lipinski definition) is 1. The lowest BCUT2D eigenvalue weighted by Gasteiger charge is -1.85. The number of aromatic nitrogens is 2. The fourth-order valence-electron chi connectivity index (χ4n) is 1.05. The van der Waals surface area contributed by atoms with E-state index in [-0.39, 0.29) is 0 Å². The summed E-state index contributed by atoms with van der Waals surface area (Å²) in [5, 5.41) is 4.38. The van der Waals surface area contributed by atoms with Crippen LogP contribution in [0.25, 0.3) is 0 Å². The average molecular weight is 248 g/mol. The van der Waals surface area contributed by atoms with Crippen LogP contribution >= 0.6 is 22.9 Å². The lowest BCUT2D eigenvalue weighted by molar-refractivity contribution is 0.934. The number of nitrogens with zero attached hydrogens (tertiary/aromatic N) is 2. The third-order valence-electron chi connectivity index (χ3n) is 1.85. The molecule has 0 aromatic carbocycles. The summed E-state index contributed by atoms with van der Waals surface area (Å²) in [5.41, 5.74) is 2.54. The summed E-state index contributed by atoms with van der Waals surface area (Å²) in [5.74, 6) is 0.787. The zero-order valence-electron chi connectivity index (χ0n) is 5.84. The fraction of sp³-hybridized carbons (Fsp3) is 0.571. The molecule has 2 nitrogen and oxygen atoms in total. The molecule has 0 unspecified atom stereocenters. The lowest BCUT2D eigenvalue weighted by atomic mass is 10.3. The predicted octanol–water partition coefficient (Wildman–Crippen LogP) is 2.27. The van der Waals surface area contributed by atoms with Gasteiger partial charge < -0.3 is 0 Å². The zero-order chi connectivity index (χ0) is 7.14. The smallest absolute Gasteiger partial charge is 0.0846 e. The highest BCUT2D eigenvalue weighted by atomic mass is 127. The normalized spacial score (nSPS) is 17.8. The molecule has 2 rings (SSSR count). The van der Waals surface area contributed by atoms with E-state index in [1.54, 1.807) is 0 Å². The Hall–Kier alpha value is -0.0600. The molecule has 0 radical (unpaired) electrons. The van der Waals surface area contributed by atoms with Gasteiger partial charge >= 0.3 is 0 Å². The molecule has 1 aromatic rings. The molecule has 0 N–H and O–H groups in total. The summed E-state index contributed by atoms with van der Waals surface area (Å²) in [6.45, 7) is 2.09. The number of aryl methyl sites for hydroxylation is 1. The summed E-state index contributed by atoms with van der Waals surface area (Å²) in [7, 11) is 0. The number of rotatable bonds is 1. The molecule has 0 saturated heterocycles. The van der Waals surface area contributed by atoms with Gasteiger partial charge in [0, 0.05) is 11.6 Å². The van der Waals surface area contributed by atoms with Crippen molar-refractivity contribution in [1.82, 2.24) is 7.99 Å². The minimum atomic E-state index is 0.787. The van der Waals surface area contributed by atoms with Crippen LogP contribution in [0.4, 0.5) is 0 Å². The van der Waals surface area contributed by atoms with E-state index in [0.29, 0.717) is 0 Å². The van der Waals surface area contributed by atoms with Gasteiger partial charge in [0.2, 0.25) is 0 Å². The highest BCUT2D eigenvalue weighted by Gasteiger charge is 2.26. The van der Waals surface area contributed by atoms with Gasteiger partial charge in [-0.1, -0.05) is 0 Å². The van der Waals surface area contributed by atoms with Crippen LogP contribution in [-0.4, -0.2) is 7.99 Å². The molecule has 0 spiro atoms. The van der Waals surface area contributed by atoms with Crippen molar-refractivity contribution in [2.45, 2.75) is 25.7 Å². The van der Waals surface area contributed by atoms with E-state index in [1.165, 1.54) is 24.2 Å². The van der Waals surface area contributed by atoms with Crippen molar-refractivity contribution in [1.29, 1.82) is 0 Å². The second kappa shape index (κ2) is 2.22. The molecule has 54 valence electrons. The van der Waals surface area contributed by atoms with Crippen molar-refractivity contribution in [3.63, 3.8) is 0 Å². The first-order valence-electron chi connectivity index (χ1n) is 3.50. The Balaban J connectivity index is 2.34. The minimum absolute atomic E-state index is 0.787. The van der Waals surface area contributed by atoms with Gasteiger partial charge in [-0.15, -0.1) is 0 Å². The van der Waals surface area contributed by atoms with Crippen LogP contribution in [0.2, 0.25) is 0 Å². The highest BCUT2D eigenvalue weighted by Crippen LogP contribution is 2.39. The highest BCUT2D eigenvalue weighted by molar-refractivity contribution is 14.1. The van der Waals surface area contributed by atoms with Crippen LogP contribution in [0.1, 0.15) is 30.1 Å². The van der Waals surface area contributed by atoms with Crippen LogP contribution < -0.4 is 0 Å². The Labute approximate surface area is 74.1 Å². The van der Waals surface area contributed by atoms with E-state index in [2.05, 4.69) is 41.0 Å². The third kappa shape index (κ3) is 1.07. The summed E-state index contributed by atoms with van der Waals surface area (Å²) >= 11 is 2.21. The second-order valence-electron chi connectivity index (χ2n) is 2.84. The molecule has 0 atom stereocenters. The van der Waals surface area contributed by atoms with Gasteiger partial charge in [-0.2, -0.15) is 5.10 Å². The van der Waals surface area contributed by atoms with Crippen molar-refractivity contribution >= 4 is 22.9 Å². The Kier molecular flexibility index (Phi) is 1.47. The molecule has 1 fully saturated rings. The molecule has 0 aliphatic heterocycles. The molecular weight excluding hydrogens is 239 g/mol. The van der Waals surface area contributed by atoms with E-state index < -0.39 is 0 Å². The SMILES string of the molecule is Cc1cc(C2CC2)nn1I. The topological polar surface area (TPSA) is 17.8 Å². The van der Waals surface area contributed by atoms with Gasteiger partial charge in [0.05, 0.1) is 28.6 Å². The molecule has 1 saturated carbocycles. The van der Waals surface area contributed by atoms with Gasteiger partial charge in [-0.05, 0) is 25.8 Å². The van der Waals surface area contributed by atoms with Gasteiger partial charge in [0.15, 0.2) is 0 Å². The molecule has 1 heterocycles. The van der Waals surface area contributed by atoms with E-state index in [0.717, 1.165) is 5.92 Å². The van der Waals surface area contributed by atoms with Crippen LogP contribution in [0, 0.1) is 6.92 Å². The molecule has 3 heteroatoms. The summed E-state index contributed by atoms with van der Waals surface area (Å²) in [6, 6.07) is 2.18. The molecule has 10 heavy (non-hydrogen) atoms. The fourth-order valence-corrected chi connectivity index (χ4v) is 1.44. The van der Waals surface area contributed by atoms with Crippen LogP contribution in [0.5, 0.6) is 0 Å². The Bertz CT molecular complexity index is 231. The lowest BCUT2D eigenvalue weighted by Crippen LogP contribution is -1.84. The van der Waals surface area contributed by atoms with Gasteiger partial charge in [-0.3, -0.25) is 0 Å². The molecule has 0 amide bonds. The van der Waals surface area contributed by atoms with Crippen molar-refractivity contribution in [2.24, 2.45) is 0 Å². The molecule has 0 bridgehead atoms. The quantitative estimate of drug-likeness (QED) is 0.697. The summed E-state index contributed by atoms with van der Waals surface area (Å²) in [4.78, 5) is 0. The number of halogens is 1. The summed E-state index contributed by atoms with van der Waals surface area (Å²) < 4.78 is 1.92. The Morgan fingerprint density at radius 3 is 2.80 bits per heavy atom. The first kappa shape index (κ1) is 6.64. The summed E-state index contributed by atoms with van der Waals surface area (Å²) in [6.07, 6.45) is 2.68. The van der Waals surface area contributed by atoms with Crippen LogP contribution in [0.3, 0.4) is 0 Å². The zero-order valence-corrected chi connectivity index (χ0v) is 8.00. The molecule has 1 aromatic heterocycles. The van der Waals surface area contributed by atoms with Gasteiger partial charge in [0.1, 0.15) is 0 Å². The van der Waals surface area contributed by atoms with Crippen molar-refractivity contribution in [3.05, 3.63) is 17.5 Å². The minimum Gasteiger partial charge on any atom is -0.208 e. The van der Waals surface area contributed by atoms with Crippen LogP contribution in [-0.2, 0) is 0 Å². The molecule has 1 aliphatic carbocycles. The van der Waals surface area contributed by atoms with E-state index in [1.807, 2.05) is 2.90 Å². The van der Waals surface area contributed by atoms with Crippen molar-refractivity contribution in [2.75, 3.05) is 0 Å². The maximum Gasteiger partial charge on any atom is 0.0846 e. The number of hydrogen-bond donors (Lipinski definition) is 0. The monoisotopic (exact) mass is 248 g/mol. The van der Waals surface area contributed by atoms with E-state index in [9.17, 15) is 0 Å². The largest absolute Gasteiger partial charge is 0.208 e. The Morgan fingerprint density at radius 1 is 1.70 bits per heavy atom. The molecule has 1 aliphatic rings.